The maximum Gasteiger partial charge on any atom is 0.145 e. The molecule has 0 bridgehead atoms. The summed E-state index contributed by atoms with van der Waals surface area (Å²) in [6.07, 6.45) is 0. The van der Waals surface area contributed by atoms with Crippen LogP contribution in [0.3, 0.4) is 0 Å². The highest BCUT2D eigenvalue weighted by molar-refractivity contribution is 4.44. The number of hydrogen-bond acceptors (Lipinski definition) is 3. The summed E-state index contributed by atoms with van der Waals surface area (Å²) < 4.78 is 5.00. The van der Waals surface area contributed by atoms with E-state index in [4.69, 9.17) is 9.84 Å². The molecule has 0 saturated heterocycles. The normalized spacial score (nSPS) is 10.7. The lowest BCUT2D eigenvalue weighted by Gasteiger charge is -2.00. The number of ether oxygens (including phenoxy) is 1. The van der Waals surface area contributed by atoms with Crippen molar-refractivity contribution in [1.29, 1.82) is 0 Å². The second kappa shape index (κ2) is 6.01. The fourth-order valence-electron chi connectivity index (χ4n) is 0.414. The first-order chi connectivity index (χ1) is 4.27. The van der Waals surface area contributed by atoms with Crippen molar-refractivity contribution in [1.82, 2.24) is 4.90 Å². The molecule has 9 heavy (non-hydrogen) atoms. The van der Waals surface area contributed by atoms with Gasteiger partial charge >= 0.3 is 0 Å². The van der Waals surface area contributed by atoms with Gasteiger partial charge in [-0.1, -0.05) is 0 Å². The highest BCUT2D eigenvalue weighted by atomic mass is 16.5. The SMILES string of the molecule is C[N+](C)CCOCCO. The van der Waals surface area contributed by atoms with E-state index in [1.165, 1.54) is 0 Å². The molecule has 0 aliphatic carbocycles. The molecule has 0 atom stereocenters. The standard InChI is InChI=1S/C6H15NO2/c1-7(2)3-5-9-6-4-8/h8H,3-6H2,1-2H3/q+1. The maximum absolute atomic E-state index is 8.29. The Kier molecular flexibility index (Phi) is 5.93. The highest BCUT2D eigenvalue weighted by Gasteiger charge is 1.96. The van der Waals surface area contributed by atoms with Crippen molar-refractivity contribution in [2.24, 2.45) is 0 Å². The first kappa shape index (κ1) is 8.88. The van der Waals surface area contributed by atoms with E-state index >= 15 is 0 Å². The predicted octanol–water partition coefficient (Wildman–Crippen LogP) is -0.605. The van der Waals surface area contributed by atoms with Crippen molar-refractivity contribution < 1.29 is 9.84 Å². The van der Waals surface area contributed by atoms with E-state index in [2.05, 4.69) is 0 Å². The van der Waals surface area contributed by atoms with E-state index in [0.29, 0.717) is 13.2 Å². The van der Waals surface area contributed by atoms with E-state index in [9.17, 15) is 0 Å². The second-order valence-electron chi connectivity index (χ2n) is 2.14. The van der Waals surface area contributed by atoms with Crippen molar-refractivity contribution in [2.45, 2.75) is 0 Å². The first-order valence-electron chi connectivity index (χ1n) is 3.10. The molecule has 1 N–H and O–H groups in total. The Bertz CT molecular complexity index is 57.0. The molecule has 55 valence electrons. The molecule has 0 aliphatic heterocycles. The average molecular weight is 133 g/mol. The van der Waals surface area contributed by atoms with E-state index < -0.39 is 0 Å². The van der Waals surface area contributed by atoms with Crippen molar-refractivity contribution in [2.75, 3.05) is 40.5 Å². The lowest BCUT2D eigenvalue weighted by atomic mass is 10.6. The van der Waals surface area contributed by atoms with Gasteiger partial charge in [0, 0.05) is 0 Å². The summed E-state index contributed by atoms with van der Waals surface area (Å²) in [6.45, 7) is 2.19. The van der Waals surface area contributed by atoms with Crippen molar-refractivity contribution >= 4 is 0 Å². The summed E-state index contributed by atoms with van der Waals surface area (Å²) in [5.41, 5.74) is 0. The maximum atomic E-state index is 8.29. The minimum absolute atomic E-state index is 0.118. The van der Waals surface area contributed by atoms with Gasteiger partial charge in [0.15, 0.2) is 0 Å². The molecule has 0 rings (SSSR count). The van der Waals surface area contributed by atoms with E-state index in [1.807, 2.05) is 19.0 Å². The van der Waals surface area contributed by atoms with Crippen LogP contribution in [0.4, 0.5) is 0 Å². The van der Waals surface area contributed by atoms with Gasteiger partial charge in [-0.3, -0.25) is 0 Å². The van der Waals surface area contributed by atoms with Gasteiger partial charge in [0.2, 0.25) is 0 Å². The van der Waals surface area contributed by atoms with E-state index in [0.717, 1.165) is 6.54 Å². The Morgan fingerprint density at radius 2 is 2.00 bits per heavy atom. The number of aliphatic hydroxyl groups is 1. The monoisotopic (exact) mass is 133 g/mol. The first-order valence-corrected chi connectivity index (χ1v) is 3.10. The van der Waals surface area contributed by atoms with Crippen LogP contribution in [-0.4, -0.2) is 45.6 Å². The molecule has 1 radical (unpaired) electrons. The molecule has 0 aromatic heterocycles. The Labute approximate surface area is 56.2 Å². The van der Waals surface area contributed by atoms with Gasteiger partial charge in [0.1, 0.15) is 27.2 Å². The summed E-state index contributed by atoms with van der Waals surface area (Å²) in [5.74, 6) is 0. The number of aliphatic hydroxyl groups excluding tert-OH is 1. The van der Waals surface area contributed by atoms with Gasteiger partial charge in [-0.05, 0) is 0 Å². The molecule has 0 amide bonds. The summed E-state index contributed by atoms with van der Waals surface area (Å²) in [5, 5.41) is 8.29. The van der Waals surface area contributed by atoms with Gasteiger partial charge < -0.3 is 9.84 Å². The van der Waals surface area contributed by atoms with Gasteiger partial charge in [0.25, 0.3) is 0 Å². The summed E-state index contributed by atoms with van der Waals surface area (Å²) in [6, 6.07) is 0. The van der Waals surface area contributed by atoms with Crippen LogP contribution in [0.15, 0.2) is 0 Å². The van der Waals surface area contributed by atoms with E-state index in [1.54, 1.807) is 0 Å². The highest BCUT2D eigenvalue weighted by Crippen LogP contribution is 1.73. The quantitative estimate of drug-likeness (QED) is 0.401. The van der Waals surface area contributed by atoms with Gasteiger partial charge in [-0.15, -0.1) is 0 Å². The third-order valence-electron chi connectivity index (χ3n) is 0.918. The topological polar surface area (TPSA) is 35.4 Å². The number of nitrogens with zero attached hydrogens (tertiary/aromatic N) is 1. The van der Waals surface area contributed by atoms with Gasteiger partial charge in [-0.2, -0.15) is 4.90 Å². The van der Waals surface area contributed by atoms with Gasteiger partial charge in [-0.25, -0.2) is 0 Å². The molecule has 0 aromatic rings. The fraction of sp³-hybridized carbons (Fsp3) is 1.00. The summed E-state index contributed by atoms with van der Waals surface area (Å²) >= 11 is 0. The lowest BCUT2D eigenvalue weighted by Crippen LogP contribution is -2.24. The molecule has 0 saturated carbocycles. The largest absolute Gasteiger partial charge is 0.394 e. The van der Waals surface area contributed by atoms with E-state index in [-0.39, 0.29) is 6.61 Å². The van der Waals surface area contributed by atoms with Crippen LogP contribution in [0.25, 0.3) is 0 Å². The Morgan fingerprint density at radius 3 is 2.44 bits per heavy atom. The Balaban J connectivity index is 2.75. The van der Waals surface area contributed by atoms with Crippen molar-refractivity contribution in [3.05, 3.63) is 0 Å². The van der Waals surface area contributed by atoms with Gasteiger partial charge in [0.05, 0.1) is 13.2 Å². The van der Waals surface area contributed by atoms with Crippen LogP contribution in [0.2, 0.25) is 0 Å². The number of rotatable bonds is 5. The molecular weight excluding hydrogens is 118 g/mol. The molecule has 0 aromatic carbocycles. The molecule has 0 aliphatic rings. The minimum atomic E-state index is 0.118. The van der Waals surface area contributed by atoms with Crippen LogP contribution in [0, 0.1) is 0 Å². The van der Waals surface area contributed by atoms with Crippen LogP contribution in [0.1, 0.15) is 0 Å². The fourth-order valence-corrected chi connectivity index (χ4v) is 0.414. The van der Waals surface area contributed by atoms with Crippen molar-refractivity contribution in [3.8, 4) is 0 Å². The molecule has 0 spiro atoms. The molecular formula is C6H15NO2+. The van der Waals surface area contributed by atoms with Crippen LogP contribution in [0.5, 0.6) is 0 Å². The third-order valence-corrected chi connectivity index (χ3v) is 0.918. The zero-order valence-electron chi connectivity index (χ0n) is 6.13. The Hall–Kier alpha value is -0.120. The van der Waals surface area contributed by atoms with Crippen LogP contribution >= 0.6 is 0 Å². The summed E-state index contributed by atoms with van der Waals surface area (Å²) in [7, 11) is 3.98. The summed E-state index contributed by atoms with van der Waals surface area (Å²) in [4.78, 5) is 2.04. The number of likely N-dealkylation sites (N-methyl/N-ethyl adjacent to an activating group) is 1. The zero-order valence-corrected chi connectivity index (χ0v) is 6.13. The molecule has 0 fully saturated rings. The third kappa shape index (κ3) is 7.88. The molecule has 3 nitrogen and oxygen atoms in total. The molecule has 0 heterocycles. The van der Waals surface area contributed by atoms with Crippen LogP contribution < -0.4 is 4.90 Å². The van der Waals surface area contributed by atoms with Crippen molar-refractivity contribution in [3.63, 3.8) is 0 Å². The second-order valence-corrected chi connectivity index (χ2v) is 2.14. The molecule has 0 unspecified atom stereocenters. The minimum Gasteiger partial charge on any atom is -0.394 e. The predicted molar refractivity (Wildman–Crippen MR) is 36.8 cm³/mol. The smallest absolute Gasteiger partial charge is 0.145 e. The zero-order chi connectivity index (χ0) is 7.11. The number of hydrogen-bond donors (Lipinski definition) is 1. The Morgan fingerprint density at radius 1 is 1.33 bits per heavy atom. The molecule has 3 heteroatoms. The average Bonchev–Trinajstić information content (AvgIpc) is 1.80. The van der Waals surface area contributed by atoms with Crippen LogP contribution in [-0.2, 0) is 4.74 Å². The lowest BCUT2D eigenvalue weighted by molar-refractivity contribution is 0.0898.